The number of nitrogens with zero attached hydrogens (tertiary/aromatic N) is 1. The molecule has 0 atom stereocenters. The molecule has 0 rings (SSSR count). The van der Waals surface area contributed by atoms with E-state index in [0.29, 0.717) is 0 Å². The van der Waals surface area contributed by atoms with Crippen LogP contribution in [0.1, 0.15) is 78.1 Å². The van der Waals surface area contributed by atoms with Crippen LogP contribution in [0.5, 0.6) is 0 Å². The number of rotatable bonds is 12. The van der Waals surface area contributed by atoms with Crippen LogP contribution < -0.4 is 12.4 Å². The van der Waals surface area contributed by atoms with Gasteiger partial charge >= 0.3 is 0 Å². The minimum atomic E-state index is 0. The van der Waals surface area contributed by atoms with E-state index in [4.69, 9.17) is 5.53 Å². The molecule has 0 saturated heterocycles. The topological polar surface area (TPSA) is 36.2 Å². The van der Waals surface area contributed by atoms with E-state index in [-0.39, 0.29) is 12.4 Å². The molecule has 0 aliphatic carbocycles. The summed E-state index contributed by atoms with van der Waals surface area (Å²) in [6.07, 6.45) is 13.6. The van der Waals surface area contributed by atoms with Crippen molar-refractivity contribution in [1.29, 1.82) is 5.53 Å². The molecule has 17 heavy (non-hydrogen) atoms. The third-order valence-corrected chi connectivity index (χ3v) is 3.05. The zero-order valence-electron chi connectivity index (χ0n) is 11.7. The molecule has 0 fully saturated rings. The maximum absolute atomic E-state index is 6.67. The largest absolute Gasteiger partial charge is 1.00 e. The maximum atomic E-state index is 6.67. The van der Waals surface area contributed by atoms with Crippen molar-refractivity contribution in [2.45, 2.75) is 78.1 Å². The van der Waals surface area contributed by atoms with Crippen molar-refractivity contribution in [3.63, 3.8) is 0 Å². The van der Waals surface area contributed by atoms with Gasteiger partial charge in [-0.1, -0.05) is 71.6 Å². The van der Waals surface area contributed by atoms with Crippen molar-refractivity contribution in [2.75, 3.05) is 6.54 Å². The Morgan fingerprint density at radius 1 is 0.765 bits per heavy atom. The lowest BCUT2D eigenvalue weighted by molar-refractivity contribution is -0.00000399. The van der Waals surface area contributed by atoms with E-state index in [2.05, 4.69) is 19.0 Å². The standard InChI is InChI=1S/C14H30N2.ClH/c1-14(2)12-10-8-6-4-3-5-7-9-11-13-16-15;/h14-15H,3-13H2,1-2H3;1H/p-1. The molecule has 0 bridgehead atoms. The molecule has 0 aliphatic heterocycles. The first kappa shape index (κ1) is 19.2. The minimum Gasteiger partial charge on any atom is -1.00 e. The normalized spacial score (nSPS) is 10.3. The van der Waals surface area contributed by atoms with Gasteiger partial charge in [0.1, 0.15) is 0 Å². The average Bonchev–Trinajstić information content (AvgIpc) is 2.25. The van der Waals surface area contributed by atoms with Gasteiger partial charge in [-0.3, -0.25) is 0 Å². The highest BCUT2D eigenvalue weighted by molar-refractivity contribution is 4.50. The quantitative estimate of drug-likeness (QED) is 0.414. The SMILES string of the molecule is CC(C)CCCCCCCCCCCN=N.[Cl-]. The lowest BCUT2D eigenvalue weighted by Gasteiger charge is -2.04. The van der Waals surface area contributed by atoms with Crippen LogP contribution in [0.25, 0.3) is 0 Å². The summed E-state index contributed by atoms with van der Waals surface area (Å²) in [4.78, 5) is 0. The molecule has 0 aliphatic rings. The van der Waals surface area contributed by atoms with Crippen molar-refractivity contribution in [3.8, 4) is 0 Å². The summed E-state index contributed by atoms with van der Waals surface area (Å²) in [5, 5.41) is 3.37. The first-order valence-corrected chi connectivity index (χ1v) is 7.10. The molecule has 0 aromatic heterocycles. The molecule has 1 N–H and O–H groups in total. The molecule has 0 heterocycles. The summed E-state index contributed by atoms with van der Waals surface area (Å²) >= 11 is 0. The molecule has 104 valence electrons. The van der Waals surface area contributed by atoms with Gasteiger partial charge in [-0.2, -0.15) is 5.11 Å². The third kappa shape index (κ3) is 18.5. The monoisotopic (exact) mass is 261 g/mol. The van der Waals surface area contributed by atoms with Crippen molar-refractivity contribution >= 4 is 0 Å². The van der Waals surface area contributed by atoms with Crippen LogP contribution >= 0.6 is 0 Å². The summed E-state index contributed by atoms with van der Waals surface area (Å²) < 4.78 is 0. The zero-order valence-corrected chi connectivity index (χ0v) is 12.4. The number of hydrogen-bond acceptors (Lipinski definition) is 2. The predicted molar refractivity (Wildman–Crippen MR) is 71.0 cm³/mol. The summed E-state index contributed by atoms with van der Waals surface area (Å²) in [5.41, 5.74) is 6.67. The van der Waals surface area contributed by atoms with Crippen LogP contribution in [0.4, 0.5) is 0 Å². The minimum absolute atomic E-state index is 0. The van der Waals surface area contributed by atoms with E-state index in [9.17, 15) is 0 Å². The molecular formula is C14H30ClN2-. The molecular weight excluding hydrogens is 232 g/mol. The average molecular weight is 262 g/mol. The Hall–Kier alpha value is -0.110. The van der Waals surface area contributed by atoms with Crippen molar-refractivity contribution in [1.82, 2.24) is 0 Å². The lowest BCUT2D eigenvalue weighted by atomic mass is 10.0. The van der Waals surface area contributed by atoms with Crippen molar-refractivity contribution in [2.24, 2.45) is 11.0 Å². The summed E-state index contributed by atoms with van der Waals surface area (Å²) in [6.45, 7) is 5.35. The molecule has 0 spiro atoms. The zero-order chi connectivity index (χ0) is 12.1. The van der Waals surface area contributed by atoms with Crippen LogP contribution in [0, 0.1) is 11.4 Å². The second kappa shape index (κ2) is 15.9. The molecule has 0 unspecified atom stereocenters. The third-order valence-electron chi connectivity index (χ3n) is 3.05. The van der Waals surface area contributed by atoms with Gasteiger partial charge in [0.15, 0.2) is 0 Å². The van der Waals surface area contributed by atoms with Crippen LogP contribution in [0.3, 0.4) is 0 Å². The molecule has 0 radical (unpaired) electrons. The van der Waals surface area contributed by atoms with Gasteiger partial charge in [0.2, 0.25) is 0 Å². The second-order valence-corrected chi connectivity index (χ2v) is 5.25. The van der Waals surface area contributed by atoms with E-state index >= 15 is 0 Å². The van der Waals surface area contributed by atoms with E-state index in [1.165, 1.54) is 57.8 Å². The lowest BCUT2D eigenvalue weighted by Crippen LogP contribution is -3.00. The first-order chi connectivity index (χ1) is 7.77. The summed E-state index contributed by atoms with van der Waals surface area (Å²) in [7, 11) is 0. The fourth-order valence-electron chi connectivity index (χ4n) is 1.98. The van der Waals surface area contributed by atoms with Gasteiger partial charge in [-0.25, -0.2) is 5.53 Å². The number of unbranched alkanes of at least 4 members (excludes halogenated alkanes) is 8. The van der Waals surface area contributed by atoms with Gasteiger partial charge in [-0.05, 0) is 12.3 Å². The van der Waals surface area contributed by atoms with Gasteiger partial charge in [0, 0.05) is 0 Å². The van der Waals surface area contributed by atoms with Gasteiger partial charge in [0.25, 0.3) is 0 Å². The highest BCUT2D eigenvalue weighted by Gasteiger charge is 1.95. The second-order valence-electron chi connectivity index (χ2n) is 5.25. The number of halogens is 1. The summed E-state index contributed by atoms with van der Waals surface area (Å²) in [5.74, 6) is 0.877. The van der Waals surface area contributed by atoms with E-state index in [1.54, 1.807) is 0 Å². The molecule has 0 aromatic rings. The van der Waals surface area contributed by atoms with E-state index in [1.807, 2.05) is 0 Å². The maximum Gasteiger partial charge on any atom is 0.0596 e. The highest BCUT2D eigenvalue weighted by atomic mass is 35.5. The van der Waals surface area contributed by atoms with E-state index < -0.39 is 0 Å². The van der Waals surface area contributed by atoms with Gasteiger partial charge < -0.3 is 12.4 Å². The fraction of sp³-hybridized carbons (Fsp3) is 1.00. The van der Waals surface area contributed by atoms with Crippen molar-refractivity contribution < 1.29 is 12.4 Å². The molecule has 0 aromatic carbocycles. The number of nitrogens with one attached hydrogen (secondary N) is 1. The smallest absolute Gasteiger partial charge is 0.0596 e. The number of hydrogen-bond donors (Lipinski definition) is 1. The van der Waals surface area contributed by atoms with Crippen LogP contribution in [0.15, 0.2) is 5.11 Å². The Kier molecular flexibility index (Phi) is 18.0. The van der Waals surface area contributed by atoms with Crippen LogP contribution in [-0.2, 0) is 0 Å². The molecule has 0 amide bonds. The molecule has 2 nitrogen and oxygen atoms in total. The highest BCUT2D eigenvalue weighted by Crippen LogP contribution is 2.12. The Morgan fingerprint density at radius 2 is 1.18 bits per heavy atom. The van der Waals surface area contributed by atoms with Gasteiger partial charge in [0.05, 0.1) is 6.54 Å². The Labute approximate surface area is 114 Å². The van der Waals surface area contributed by atoms with E-state index in [0.717, 1.165) is 18.9 Å². The molecule has 3 heteroatoms. The Balaban J connectivity index is 0. The van der Waals surface area contributed by atoms with Crippen LogP contribution in [0.2, 0.25) is 0 Å². The summed E-state index contributed by atoms with van der Waals surface area (Å²) in [6, 6.07) is 0. The van der Waals surface area contributed by atoms with Crippen molar-refractivity contribution in [3.05, 3.63) is 0 Å². The first-order valence-electron chi connectivity index (χ1n) is 7.10. The predicted octanol–water partition coefficient (Wildman–Crippen LogP) is 2.58. The Bertz CT molecular complexity index is 149. The Morgan fingerprint density at radius 3 is 1.59 bits per heavy atom. The molecule has 0 saturated carbocycles. The van der Waals surface area contributed by atoms with Gasteiger partial charge in [-0.15, -0.1) is 0 Å². The fourth-order valence-corrected chi connectivity index (χ4v) is 1.98. The van der Waals surface area contributed by atoms with Crippen LogP contribution in [-0.4, -0.2) is 6.54 Å².